The number of rotatable bonds is 7. The van der Waals surface area contributed by atoms with Crippen LogP contribution in [0.25, 0.3) is 17.4 Å². The van der Waals surface area contributed by atoms with Crippen LogP contribution in [0.3, 0.4) is 0 Å². The first kappa shape index (κ1) is 21.9. The maximum Gasteiger partial charge on any atom is 0.573 e. The Hall–Kier alpha value is -2.79. The monoisotopic (exact) mass is 457 g/mol. The molecule has 6 nitrogen and oxygen atoms in total. The highest BCUT2D eigenvalue weighted by molar-refractivity contribution is 8.26. The molecule has 30 heavy (non-hydrogen) atoms. The number of benzene rings is 1. The Bertz CT molecular complexity index is 1020. The molecule has 11 heteroatoms. The van der Waals surface area contributed by atoms with E-state index in [2.05, 4.69) is 4.74 Å². The number of thiocarbonyl (C=S) groups is 1. The van der Waals surface area contributed by atoms with Gasteiger partial charge in [-0.25, -0.2) is 0 Å². The summed E-state index contributed by atoms with van der Waals surface area (Å²) in [6, 6.07) is 8.47. The number of furan rings is 1. The number of ether oxygens (including phenoxy) is 1. The summed E-state index contributed by atoms with van der Waals surface area (Å²) in [6.07, 6.45) is -3.12. The molecule has 0 unspecified atom stereocenters. The number of hydrogen-bond donors (Lipinski definition) is 1. The summed E-state index contributed by atoms with van der Waals surface area (Å²) in [5, 5.41) is 8.71. The highest BCUT2D eigenvalue weighted by Crippen LogP contribution is 2.34. The molecule has 2 aromatic rings. The zero-order chi connectivity index (χ0) is 21.9. The zero-order valence-electron chi connectivity index (χ0n) is 15.1. The zero-order valence-corrected chi connectivity index (χ0v) is 16.8. The lowest BCUT2D eigenvalue weighted by Crippen LogP contribution is -2.29. The van der Waals surface area contributed by atoms with Crippen molar-refractivity contribution >= 4 is 46.3 Å². The Morgan fingerprint density at radius 1 is 1.30 bits per heavy atom. The van der Waals surface area contributed by atoms with Crippen molar-refractivity contribution in [1.82, 2.24) is 4.90 Å². The van der Waals surface area contributed by atoms with Gasteiger partial charge in [-0.05, 0) is 30.7 Å². The number of carboxylic acid groups (broad SMARTS) is 1. The van der Waals surface area contributed by atoms with E-state index >= 15 is 0 Å². The molecule has 3 rings (SSSR count). The predicted molar refractivity (Wildman–Crippen MR) is 108 cm³/mol. The molecule has 0 radical (unpaired) electrons. The van der Waals surface area contributed by atoms with Crippen LogP contribution in [0, 0.1) is 0 Å². The maximum atomic E-state index is 12.5. The lowest BCUT2D eigenvalue weighted by atomic mass is 10.1. The summed E-state index contributed by atoms with van der Waals surface area (Å²) in [7, 11) is 0. The average molecular weight is 457 g/mol. The van der Waals surface area contributed by atoms with Gasteiger partial charge in [0.15, 0.2) is 0 Å². The van der Waals surface area contributed by atoms with Gasteiger partial charge in [0.25, 0.3) is 5.91 Å². The van der Waals surface area contributed by atoms with Crippen LogP contribution in [0.1, 0.15) is 18.6 Å². The molecule has 0 aliphatic carbocycles. The summed E-state index contributed by atoms with van der Waals surface area (Å²) in [4.78, 5) is 24.7. The van der Waals surface area contributed by atoms with Crippen LogP contribution in [-0.2, 0) is 9.59 Å². The average Bonchev–Trinajstić information content (AvgIpc) is 3.20. The van der Waals surface area contributed by atoms with Crippen molar-refractivity contribution in [1.29, 1.82) is 0 Å². The fraction of sp³-hybridized carbons (Fsp3) is 0.211. The van der Waals surface area contributed by atoms with Crippen LogP contribution in [0.15, 0.2) is 45.7 Å². The third-order valence-electron chi connectivity index (χ3n) is 3.90. The van der Waals surface area contributed by atoms with E-state index in [0.717, 1.165) is 11.8 Å². The normalized spacial score (nSPS) is 15.8. The minimum Gasteiger partial charge on any atom is -0.481 e. The summed E-state index contributed by atoms with van der Waals surface area (Å²) >= 11 is 6.24. The van der Waals surface area contributed by atoms with E-state index in [1.165, 1.54) is 29.2 Å². The quantitative estimate of drug-likeness (QED) is 0.467. The fourth-order valence-corrected chi connectivity index (χ4v) is 3.93. The molecule has 1 N–H and O–H groups in total. The molecule has 0 spiro atoms. The largest absolute Gasteiger partial charge is 0.573 e. The number of thioether (sulfide) groups is 1. The molecule has 1 aliphatic heterocycles. The van der Waals surface area contributed by atoms with Crippen LogP contribution in [0.2, 0.25) is 0 Å². The van der Waals surface area contributed by atoms with E-state index in [1.54, 1.807) is 18.2 Å². The first-order chi connectivity index (χ1) is 14.1. The minimum atomic E-state index is -4.80. The van der Waals surface area contributed by atoms with Gasteiger partial charge in [-0.15, -0.1) is 13.2 Å². The number of alkyl halides is 3. The summed E-state index contributed by atoms with van der Waals surface area (Å²) in [5.74, 6) is -1.07. The number of amides is 1. The van der Waals surface area contributed by atoms with Crippen LogP contribution in [0.4, 0.5) is 13.2 Å². The van der Waals surface area contributed by atoms with Gasteiger partial charge in [0.2, 0.25) is 0 Å². The topological polar surface area (TPSA) is 80.0 Å². The highest BCUT2D eigenvalue weighted by atomic mass is 32.2. The molecule has 1 aromatic heterocycles. The van der Waals surface area contributed by atoms with E-state index in [4.69, 9.17) is 21.7 Å². The third-order valence-corrected chi connectivity index (χ3v) is 5.28. The van der Waals surface area contributed by atoms with E-state index < -0.39 is 12.3 Å². The van der Waals surface area contributed by atoms with Gasteiger partial charge in [0.1, 0.15) is 21.6 Å². The van der Waals surface area contributed by atoms with Gasteiger partial charge < -0.3 is 14.3 Å². The minimum absolute atomic E-state index is 0.0746. The Morgan fingerprint density at radius 2 is 2.07 bits per heavy atom. The molecule has 158 valence electrons. The molecule has 0 bridgehead atoms. The number of nitrogens with zero attached hydrogens (tertiary/aromatic N) is 1. The Labute approximate surface area is 178 Å². The lowest BCUT2D eigenvalue weighted by Gasteiger charge is -2.13. The summed E-state index contributed by atoms with van der Waals surface area (Å²) in [5.41, 5.74) is 0.373. The summed E-state index contributed by atoms with van der Waals surface area (Å²) in [6.45, 7) is 0.198. The van der Waals surface area contributed by atoms with Crippen molar-refractivity contribution in [2.75, 3.05) is 6.54 Å². The molecule has 1 fully saturated rings. The lowest BCUT2D eigenvalue weighted by molar-refractivity contribution is -0.274. The van der Waals surface area contributed by atoms with E-state index in [9.17, 15) is 22.8 Å². The standard InChI is InChI=1S/C19H14F3NO5S2/c20-19(21,22)28-13-4-1-3-11(9-13)14-7-6-12(27-14)10-15-17(26)23(18(29)30-15)8-2-5-16(24)25/h1,3-4,6-7,9-10H,2,5,8H2,(H,24,25). The molecule has 0 atom stereocenters. The van der Waals surface area contributed by atoms with Gasteiger partial charge in [0.05, 0.1) is 4.91 Å². The molecular formula is C19H14F3NO5S2. The summed E-state index contributed by atoms with van der Waals surface area (Å²) < 4.78 is 47.0. The fourth-order valence-electron chi connectivity index (χ4n) is 2.64. The molecule has 1 aromatic carbocycles. The Morgan fingerprint density at radius 3 is 2.77 bits per heavy atom. The molecule has 1 aliphatic rings. The Kier molecular flexibility index (Phi) is 6.52. The molecule has 1 saturated heterocycles. The van der Waals surface area contributed by atoms with Crippen LogP contribution >= 0.6 is 24.0 Å². The first-order valence-corrected chi connectivity index (χ1v) is 9.78. The van der Waals surface area contributed by atoms with Crippen molar-refractivity contribution < 1.29 is 37.0 Å². The second kappa shape index (κ2) is 8.92. The van der Waals surface area contributed by atoms with Crippen LogP contribution < -0.4 is 4.74 Å². The first-order valence-electron chi connectivity index (χ1n) is 8.55. The highest BCUT2D eigenvalue weighted by Gasteiger charge is 2.32. The van der Waals surface area contributed by atoms with Gasteiger partial charge in [-0.1, -0.05) is 36.1 Å². The molecular weight excluding hydrogens is 443 g/mol. The van der Waals surface area contributed by atoms with Crippen molar-refractivity contribution in [3.63, 3.8) is 0 Å². The smallest absolute Gasteiger partial charge is 0.481 e. The molecule has 0 saturated carbocycles. The number of carboxylic acids is 1. The number of halogens is 3. The predicted octanol–water partition coefficient (Wildman–Crippen LogP) is 4.91. The van der Waals surface area contributed by atoms with E-state index in [1.807, 2.05) is 0 Å². The van der Waals surface area contributed by atoms with E-state index in [-0.39, 0.29) is 31.0 Å². The second-order valence-corrected chi connectivity index (χ2v) is 7.78. The second-order valence-electron chi connectivity index (χ2n) is 6.11. The molecule has 1 amide bonds. The number of carbonyl (C=O) groups is 2. The van der Waals surface area contributed by atoms with Gasteiger partial charge in [-0.3, -0.25) is 14.5 Å². The Balaban J connectivity index is 1.73. The van der Waals surface area contributed by atoms with Gasteiger partial charge >= 0.3 is 12.3 Å². The number of carbonyl (C=O) groups excluding carboxylic acids is 1. The number of hydrogen-bond acceptors (Lipinski definition) is 6. The van der Waals surface area contributed by atoms with Crippen molar-refractivity contribution in [3.8, 4) is 17.1 Å². The van der Waals surface area contributed by atoms with Gasteiger partial charge in [-0.2, -0.15) is 0 Å². The molecule has 2 heterocycles. The van der Waals surface area contributed by atoms with Crippen molar-refractivity contribution in [2.45, 2.75) is 19.2 Å². The van der Waals surface area contributed by atoms with Crippen molar-refractivity contribution in [2.24, 2.45) is 0 Å². The van der Waals surface area contributed by atoms with E-state index in [0.29, 0.717) is 26.3 Å². The SMILES string of the molecule is O=C(O)CCCN1C(=O)C(=Cc2ccc(-c3cccc(OC(F)(F)F)c3)o2)SC1=S. The van der Waals surface area contributed by atoms with Crippen LogP contribution in [0.5, 0.6) is 5.75 Å². The number of aliphatic carboxylic acids is 1. The van der Waals surface area contributed by atoms with Crippen molar-refractivity contribution in [3.05, 3.63) is 47.1 Å². The van der Waals surface area contributed by atoms with Crippen LogP contribution in [-0.4, -0.2) is 39.1 Å². The van der Waals surface area contributed by atoms with Gasteiger partial charge in [0, 0.05) is 24.6 Å². The maximum absolute atomic E-state index is 12.5. The third kappa shape index (κ3) is 5.63.